The minimum absolute atomic E-state index is 0.0140. The molecule has 0 aromatic rings. The number of esters is 1. The normalized spacial score (nSPS) is 35.3. The predicted octanol–water partition coefficient (Wildman–Crippen LogP) is 5.89. The fourth-order valence-electron chi connectivity index (χ4n) is 6.33. The number of carbonyl (C=O) groups is 2. The van der Waals surface area contributed by atoms with Gasteiger partial charge in [0, 0.05) is 38.5 Å². The minimum atomic E-state index is -0.389. The average Bonchev–Trinajstić information content (AvgIpc) is 2.98. The first kappa shape index (κ1) is 32.5. The van der Waals surface area contributed by atoms with Crippen LogP contribution in [0, 0.1) is 11.8 Å². The molecule has 4 aliphatic heterocycles. The molecule has 8 heteroatoms. The number of carbonyl (C=O) groups excluding carboxylic acids is 2. The van der Waals surface area contributed by atoms with E-state index in [1.807, 2.05) is 24.3 Å². The molecule has 8 nitrogen and oxygen atoms in total. The quantitative estimate of drug-likeness (QED) is 0.187. The molecule has 3 fully saturated rings. The molecule has 0 saturated carbocycles. The fourth-order valence-corrected chi connectivity index (χ4v) is 6.33. The molecule has 7 unspecified atom stereocenters. The van der Waals surface area contributed by atoms with Crippen molar-refractivity contribution in [2.75, 3.05) is 32.8 Å². The van der Waals surface area contributed by atoms with Crippen molar-refractivity contribution in [2.45, 2.75) is 109 Å². The number of fused-ring (bicyclic) bond motifs is 4. The van der Waals surface area contributed by atoms with E-state index in [9.17, 15) is 9.59 Å². The van der Waals surface area contributed by atoms with Crippen LogP contribution in [-0.4, -0.2) is 80.3 Å². The largest absolute Gasteiger partial charge is 0.457 e. The smallest absolute Gasteiger partial charge is 0.409 e. The average molecular weight is 585 g/mol. The van der Waals surface area contributed by atoms with Crippen LogP contribution in [0.3, 0.4) is 0 Å². The minimum Gasteiger partial charge on any atom is -0.457 e. The summed E-state index contributed by atoms with van der Waals surface area (Å²) in [6.07, 6.45) is 21.9. The van der Waals surface area contributed by atoms with Gasteiger partial charge in [0.1, 0.15) is 6.10 Å². The van der Waals surface area contributed by atoms with Crippen molar-refractivity contribution >= 4 is 12.1 Å². The van der Waals surface area contributed by atoms with E-state index in [0.717, 1.165) is 51.6 Å². The summed E-state index contributed by atoms with van der Waals surface area (Å²) >= 11 is 0. The Balaban J connectivity index is 1.37. The summed E-state index contributed by atoms with van der Waals surface area (Å²) in [5.74, 6) is 0.155. The Morgan fingerprint density at radius 2 is 1.74 bits per heavy atom. The molecule has 3 saturated heterocycles. The summed E-state index contributed by atoms with van der Waals surface area (Å²) in [5.41, 5.74) is 1.35. The highest BCUT2D eigenvalue weighted by Crippen LogP contribution is 2.33. The summed E-state index contributed by atoms with van der Waals surface area (Å²) < 4.78 is 24.4. The van der Waals surface area contributed by atoms with E-state index in [-0.39, 0.29) is 54.9 Å². The summed E-state index contributed by atoms with van der Waals surface area (Å²) in [6, 6.07) is 0. The second-order valence-corrected chi connectivity index (χ2v) is 12.4. The van der Waals surface area contributed by atoms with Crippen molar-refractivity contribution in [3.63, 3.8) is 0 Å². The summed E-state index contributed by atoms with van der Waals surface area (Å²) in [6.45, 7) is 9.71. The molecule has 234 valence electrons. The van der Waals surface area contributed by atoms with Gasteiger partial charge in [-0.3, -0.25) is 4.79 Å². The van der Waals surface area contributed by atoms with Gasteiger partial charge in [-0.2, -0.15) is 0 Å². The van der Waals surface area contributed by atoms with Crippen molar-refractivity contribution in [1.29, 1.82) is 0 Å². The summed E-state index contributed by atoms with van der Waals surface area (Å²) in [4.78, 5) is 27.0. The van der Waals surface area contributed by atoms with Gasteiger partial charge in [-0.1, -0.05) is 55.9 Å². The Morgan fingerprint density at radius 3 is 2.52 bits per heavy atom. The van der Waals surface area contributed by atoms with Crippen molar-refractivity contribution in [1.82, 2.24) is 10.2 Å². The number of cyclic esters (lactones) is 1. The third kappa shape index (κ3) is 10.7. The predicted molar refractivity (Wildman–Crippen MR) is 164 cm³/mol. The lowest BCUT2D eigenvalue weighted by Crippen LogP contribution is -2.46. The zero-order valence-corrected chi connectivity index (χ0v) is 25.9. The van der Waals surface area contributed by atoms with Gasteiger partial charge < -0.3 is 29.2 Å². The van der Waals surface area contributed by atoms with Gasteiger partial charge in [0.05, 0.1) is 37.4 Å². The number of ether oxygens (including phenoxy) is 4. The first-order valence-corrected chi connectivity index (χ1v) is 16.2. The van der Waals surface area contributed by atoms with E-state index in [4.69, 9.17) is 18.9 Å². The lowest BCUT2D eigenvalue weighted by Gasteiger charge is -2.37. The van der Waals surface area contributed by atoms with Gasteiger partial charge in [-0.05, 0) is 63.9 Å². The van der Waals surface area contributed by atoms with Crippen LogP contribution in [0.15, 0.2) is 48.1 Å². The molecular formula is C34H52N2O6. The molecule has 4 heterocycles. The summed E-state index contributed by atoms with van der Waals surface area (Å²) in [5, 5.41) is 3.23. The molecule has 0 aromatic heterocycles. The van der Waals surface area contributed by atoms with Gasteiger partial charge in [0.2, 0.25) is 0 Å². The molecule has 0 aliphatic carbocycles. The van der Waals surface area contributed by atoms with Crippen molar-refractivity contribution in [3.8, 4) is 0 Å². The SMILES string of the molecule is C/C=C1\CC2CC(=O)OC(/C=C/C=C\CCOC(=O)N3CCNCC3)C(C)/C=C/C(C)CC3CCCC(CC(C1)O2)O3. The van der Waals surface area contributed by atoms with Gasteiger partial charge >= 0.3 is 12.1 Å². The highest BCUT2D eigenvalue weighted by molar-refractivity contribution is 5.70. The summed E-state index contributed by atoms with van der Waals surface area (Å²) in [7, 11) is 0. The molecule has 1 amide bonds. The Labute approximate surface area is 252 Å². The van der Waals surface area contributed by atoms with Crippen molar-refractivity contribution < 1.29 is 28.5 Å². The van der Waals surface area contributed by atoms with Crippen LogP contribution in [0.25, 0.3) is 0 Å². The molecule has 7 atom stereocenters. The first-order chi connectivity index (χ1) is 20.4. The van der Waals surface area contributed by atoms with Crippen LogP contribution in [0.4, 0.5) is 4.79 Å². The Bertz CT molecular complexity index is 985. The van der Waals surface area contributed by atoms with Crippen LogP contribution in [0.2, 0.25) is 0 Å². The molecule has 4 bridgehead atoms. The van der Waals surface area contributed by atoms with Crippen LogP contribution in [-0.2, 0) is 23.7 Å². The third-order valence-electron chi connectivity index (χ3n) is 8.73. The molecule has 42 heavy (non-hydrogen) atoms. The lowest BCUT2D eigenvalue weighted by molar-refractivity contribution is -0.154. The van der Waals surface area contributed by atoms with Crippen LogP contribution in [0.5, 0.6) is 0 Å². The van der Waals surface area contributed by atoms with Crippen LogP contribution < -0.4 is 5.32 Å². The van der Waals surface area contributed by atoms with E-state index >= 15 is 0 Å². The fraction of sp³-hybridized carbons (Fsp3) is 0.706. The monoisotopic (exact) mass is 584 g/mol. The lowest BCUT2D eigenvalue weighted by atomic mass is 9.90. The standard InChI is InChI=1S/C34H52N2O6/c1-4-27-21-30-23-29-11-9-10-28(40-29)20-25(2)13-14-26(3)32(42-33(37)24-31(22-27)41-30)12-7-5-6-8-19-39-34(38)36-17-15-35-16-18-36/h4-7,12-14,25-26,28-32,35H,8-11,15-24H2,1-3H3/b6-5-,12-7+,14-13+,27-4-. The molecular weight excluding hydrogens is 532 g/mol. The number of piperazine rings is 1. The van der Waals surface area contributed by atoms with E-state index in [1.54, 1.807) is 4.90 Å². The van der Waals surface area contributed by atoms with E-state index < -0.39 is 0 Å². The molecule has 0 spiro atoms. The zero-order valence-electron chi connectivity index (χ0n) is 25.9. The third-order valence-corrected chi connectivity index (χ3v) is 8.73. The zero-order chi connectivity index (χ0) is 29.7. The highest BCUT2D eigenvalue weighted by Gasteiger charge is 2.32. The maximum atomic E-state index is 13.2. The first-order valence-electron chi connectivity index (χ1n) is 16.2. The van der Waals surface area contributed by atoms with E-state index in [0.29, 0.717) is 32.0 Å². The molecule has 4 rings (SSSR count). The Kier molecular flexibility index (Phi) is 13.2. The van der Waals surface area contributed by atoms with Crippen LogP contribution >= 0.6 is 0 Å². The Hall–Kier alpha value is -2.42. The van der Waals surface area contributed by atoms with E-state index in [2.05, 4.69) is 44.3 Å². The number of rotatable bonds is 5. The highest BCUT2D eigenvalue weighted by atomic mass is 16.6. The van der Waals surface area contributed by atoms with Gasteiger partial charge in [-0.15, -0.1) is 0 Å². The van der Waals surface area contributed by atoms with Crippen molar-refractivity contribution in [2.24, 2.45) is 11.8 Å². The number of nitrogens with one attached hydrogen (secondary N) is 1. The number of hydrogen-bond acceptors (Lipinski definition) is 7. The second-order valence-electron chi connectivity index (χ2n) is 12.4. The van der Waals surface area contributed by atoms with Crippen molar-refractivity contribution in [3.05, 3.63) is 48.1 Å². The maximum Gasteiger partial charge on any atom is 0.409 e. The molecule has 1 N–H and O–H groups in total. The molecule has 4 aliphatic rings. The maximum absolute atomic E-state index is 13.2. The molecule has 0 aromatic carbocycles. The van der Waals surface area contributed by atoms with Gasteiger partial charge in [0.15, 0.2) is 0 Å². The number of allylic oxidation sites excluding steroid dienone is 4. The second kappa shape index (κ2) is 17.0. The Morgan fingerprint density at radius 1 is 1.00 bits per heavy atom. The topological polar surface area (TPSA) is 86.3 Å². The number of hydrogen-bond donors (Lipinski definition) is 1. The van der Waals surface area contributed by atoms with Crippen LogP contribution in [0.1, 0.15) is 78.6 Å². The van der Waals surface area contributed by atoms with E-state index in [1.165, 1.54) is 12.0 Å². The van der Waals surface area contributed by atoms with Gasteiger partial charge in [-0.25, -0.2) is 4.79 Å². The number of amides is 1. The molecule has 0 radical (unpaired) electrons. The van der Waals surface area contributed by atoms with Gasteiger partial charge in [0.25, 0.3) is 0 Å². The number of nitrogens with zero attached hydrogens (tertiary/aromatic N) is 1.